The highest BCUT2D eigenvalue weighted by atomic mass is 79.9. The highest BCUT2D eigenvalue weighted by Gasteiger charge is 2.27. The lowest BCUT2D eigenvalue weighted by atomic mass is 10.3. The summed E-state index contributed by atoms with van der Waals surface area (Å²) >= 11 is 3.36. The average Bonchev–Trinajstić information content (AvgIpc) is 2.69. The monoisotopic (exact) mass is 339 g/mol. The van der Waals surface area contributed by atoms with Crippen LogP contribution in [-0.2, 0) is 6.54 Å². The van der Waals surface area contributed by atoms with Crippen molar-refractivity contribution < 1.29 is 9.66 Å². The first-order valence-electron chi connectivity index (χ1n) is 6.18. The lowest BCUT2D eigenvalue weighted by Crippen LogP contribution is -2.03. The number of hydrogen-bond donors (Lipinski definition) is 0. The van der Waals surface area contributed by atoms with Gasteiger partial charge in [-0.15, -0.1) is 0 Å². The van der Waals surface area contributed by atoms with Crippen molar-refractivity contribution in [2.24, 2.45) is 0 Å². The third kappa shape index (κ3) is 2.82. The van der Waals surface area contributed by atoms with E-state index in [0.717, 1.165) is 10.9 Å². The molecule has 1 aromatic carbocycles. The van der Waals surface area contributed by atoms with Gasteiger partial charge in [0, 0.05) is 6.54 Å². The maximum Gasteiger partial charge on any atom is 0.353 e. The van der Waals surface area contributed by atoms with Gasteiger partial charge >= 0.3 is 5.69 Å². The third-order valence-corrected chi connectivity index (χ3v) is 3.37. The molecule has 6 nitrogen and oxygen atoms in total. The molecule has 1 heterocycles. The van der Waals surface area contributed by atoms with E-state index >= 15 is 0 Å². The summed E-state index contributed by atoms with van der Waals surface area (Å²) in [6.07, 6.45) is 0.810. The zero-order valence-electron chi connectivity index (χ0n) is 11.2. The zero-order valence-corrected chi connectivity index (χ0v) is 12.8. The van der Waals surface area contributed by atoms with Crippen LogP contribution >= 0.6 is 15.9 Å². The Morgan fingerprint density at radius 2 is 2.15 bits per heavy atom. The number of para-hydroxylation sites is 1. The van der Waals surface area contributed by atoms with Crippen molar-refractivity contribution in [3.05, 3.63) is 44.5 Å². The van der Waals surface area contributed by atoms with Gasteiger partial charge in [-0.2, -0.15) is 5.10 Å². The fourth-order valence-electron chi connectivity index (χ4n) is 1.86. The second kappa shape index (κ2) is 6.04. The lowest BCUT2D eigenvalue weighted by Gasteiger charge is -2.08. The second-order valence-electron chi connectivity index (χ2n) is 4.25. The van der Waals surface area contributed by atoms with Crippen LogP contribution in [0.3, 0.4) is 0 Å². The molecule has 0 spiro atoms. The zero-order chi connectivity index (χ0) is 14.7. The molecule has 0 atom stereocenters. The summed E-state index contributed by atoms with van der Waals surface area (Å²) in [6.45, 7) is 4.15. The molecule has 0 bridgehead atoms. The molecule has 106 valence electrons. The van der Waals surface area contributed by atoms with E-state index in [9.17, 15) is 10.1 Å². The van der Waals surface area contributed by atoms with Crippen LogP contribution in [0.5, 0.6) is 11.6 Å². The first-order valence-corrected chi connectivity index (χ1v) is 6.98. The predicted octanol–water partition coefficient (Wildman–Crippen LogP) is 4.06. The van der Waals surface area contributed by atoms with E-state index in [1.165, 1.54) is 4.68 Å². The standard InChI is InChI=1S/C13H14BrN3O3/c1-3-8-16-13(12(17(18)19)9(2)15-16)20-11-7-5-4-6-10(11)14/h4-7H,3,8H2,1-2H3. The van der Waals surface area contributed by atoms with Crippen LogP contribution < -0.4 is 4.74 Å². The Morgan fingerprint density at radius 3 is 2.75 bits per heavy atom. The molecule has 0 aliphatic heterocycles. The molecule has 2 aromatic rings. The second-order valence-corrected chi connectivity index (χ2v) is 5.11. The fraction of sp³-hybridized carbons (Fsp3) is 0.308. The van der Waals surface area contributed by atoms with Crippen LogP contribution in [0.25, 0.3) is 0 Å². The molecule has 0 fully saturated rings. The van der Waals surface area contributed by atoms with Crippen LogP contribution in [0.1, 0.15) is 19.0 Å². The molecular weight excluding hydrogens is 326 g/mol. The van der Waals surface area contributed by atoms with Crippen molar-refractivity contribution in [3.63, 3.8) is 0 Å². The normalized spacial score (nSPS) is 10.6. The molecule has 0 saturated heterocycles. The van der Waals surface area contributed by atoms with Crippen LogP contribution in [-0.4, -0.2) is 14.7 Å². The minimum atomic E-state index is -0.458. The van der Waals surface area contributed by atoms with Gasteiger partial charge in [-0.1, -0.05) is 19.1 Å². The van der Waals surface area contributed by atoms with Crippen molar-refractivity contribution in [2.45, 2.75) is 26.8 Å². The van der Waals surface area contributed by atoms with E-state index in [0.29, 0.717) is 18.0 Å². The van der Waals surface area contributed by atoms with Crippen LogP contribution in [0.15, 0.2) is 28.7 Å². The van der Waals surface area contributed by atoms with Gasteiger partial charge in [0.25, 0.3) is 5.88 Å². The highest BCUT2D eigenvalue weighted by molar-refractivity contribution is 9.10. The van der Waals surface area contributed by atoms with Gasteiger partial charge in [0.2, 0.25) is 0 Å². The molecule has 20 heavy (non-hydrogen) atoms. The summed E-state index contributed by atoms with van der Waals surface area (Å²) in [6, 6.07) is 7.21. The smallest absolute Gasteiger partial charge is 0.353 e. The summed E-state index contributed by atoms with van der Waals surface area (Å²) in [5, 5.41) is 15.4. The van der Waals surface area contributed by atoms with Crippen molar-refractivity contribution in [2.75, 3.05) is 0 Å². The van der Waals surface area contributed by atoms with E-state index in [4.69, 9.17) is 4.74 Å². The average molecular weight is 340 g/mol. The summed E-state index contributed by atoms with van der Waals surface area (Å²) in [7, 11) is 0. The Balaban J connectivity index is 2.48. The first-order chi connectivity index (χ1) is 9.54. The summed E-state index contributed by atoms with van der Waals surface area (Å²) in [4.78, 5) is 10.7. The SMILES string of the molecule is CCCn1nc(C)c([N+](=O)[O-])c1Oc1ccccc1Br. The molecule has 0 aliphatic carbocycles. The van der Waals surface area contributed by atoms with E-state index in [-0.39, 0.29) is 11.6 Å². The van der Waals surface area contributed by atoms with Gasteiger partial charge < -0.3 is 4.74 Å². The Labute approximate surface area is 124 Å². The van der Waals surface area contributed by atoms with Gasteiger partial charge in [-0.25, -0.2) is 4.68 Å². The van der Waals surface area contributed by atoms with Crippen molar-refractivity contribution in [3.8, 4) is 11.6 Å². The molecular formula is C13H14BrN3O3. The molecule has 0 radical (unpaired) electrons. The molecule has 0 unspecified atom stereocenters. The lowest BCUT2D eigenvalue weighted by molar-refractivity contribution is -0.386. The molecule has 0 aliphatic rings. The van der Waals surface area contributed by atoms with Gasteiger partial charge in [-0.3, -0.25) is 10.1 Å². The molecule has 0 amide bonds. The fourth-order valence-corrected chi connectivity index (χ4v) is 2.22. The molecule has 1 aromatic heterocycles. The molecule has 0 N–H and O–H groups in total. The minimum absolute atomic E-state index is 0.0887. The number of rotatable bonds is 5. The van der Waals surface area contributed by atoms with Crippen molar-refractivity contribution in [1.29, 1.82) is 0 Å². The number of halogens is 1. The van der Waals surface area contributed by atoms with Gasteiger partial charge in [-0.05, 0) is 41.4 Å². The molecule has 0 saturated carbocycles. The number of aryl methyl sites for hydroxylation is 2. The number of aromatic nitrogens is 2. The third-order valence-electron chi connectivity index (χ3n) is 2.71. The molecule has 7 heteroatoms. The summed E-state index contributed by atoms with van der Waals surface area (Å²) in [5.74, 6) is 0.689. The summed E-state index contributed by atoms with van der Waals surface area (Å²) in [5.41, 5.74) is 0.264. The number of nitro groups is 1. The quantitative estimate of drug-likeness (QED) is 0.608. The number of ether oxygens (including phenoxy) is 1. The Bertz CT molecular complexity index is 640. The van der Waals surface area contributed by atoms with Crippen molar-refractivity contribution >= 4 is 21.6 Å². The number of hydrogen-bond acceptors (Lipinski definition) is 4. The van der Waals surface area contributed by atoms with E-state index < -0.39 is 4.92 Å². The first kappa shape index (κ1) is 14.5. The van der Waals surface area contributed by atoms with Crippen LogP contribution in [0.4, 0.5) is 5.69 Å². The van der Waals surface area contributed by atoms with Gasteiger partial charge in [0.1, 0.15) is 11.4 Å². The van der Waals surface area contributed by atoms with Crippen molar-refractivity contribution in [1.82, 2.24) is 9.78 Å². The van der Waals surface area contributed by atoms with E-state index in [1.807, 2.05) is 19.1 Å². The number of nitrogens with zero attached hydrogens (tertiary/aromatic N) is 3. The van der Waals surface area contributed by atoms with E-state index in [1.54, 1.807) is 19.1 Å². The van der Waals surface area contributed by atoms with Crippen LogP contribution in [0.2, 0.25) is 0 Å². The van der Waals surface area contributed by atoms with Gasteiger partial charge in [0.05, 0.1) is 9.40 Å². The Hall–Kier alpha value is -1.89. The highest BCUT2D eigenvalue weighted by Crippen LogP contribution is 2.36. The summed E-state index contributed by atoms with van der Waals surface area (Å²) < 4.78 is 7.99. The van der Waals surface area contributed by atoms with Gasteiger partial charge in [0.15, 0.2) is 0 Å². The topological polar surface area (TPSA) is 70.2 Å². The predicted molar refractivity (Wildman–Crippen MR) is 78.1 cm³/mol. The largest absolute Gasteiger partial charge is 0.433 e. The number of benzene rings is 1. The minimum Gasteiger partial charge on any atom is -0.433 e. The van der Waals surface area contributed by atoms with Crippen LogP contribution in [0, 0.1) is 17.0 Å². The molecule has 2 rings (SSSR count). The Kier molecular flexibility index (Phi) is 4.39. The van der Waals surface area contributed by atoms with E-state index in [2.05, 4.69) is 21.0 Å². The maximum absolute atomic E-state index is 11.2. The maximum atomic E-state index is 11.2. The Morgan fingerprint density at radius 1 is 1.45 bits per heavy atom.